The maximum absolute atomic E-state index is 7.73. The Morgan fingerprint density at radius 3 is 2.25 bits per heavy atom. The van der Waals surface area contributed by atoms with Crippen LogP contribution in [0.15, 0.2) is 114 Å². The Morgan fingerprint density at radius 1 is 0.818 bits per heavy atom. The third-order valence-electron chi connectivity index (χ3n) is 7.51. The van der Waals surface area contributed by atoms with Gasteiger partial charge in [-0.1, -0.05) is 98.8 Å². The number of fused-ring (bicyclic) bond motifs is 2. The van der Waals surface area contributed by atoms with E-state index in [9.17, 15) is 0 Å². The number of rotatable bonds is 5. The smallest absolute Gasteiger partial charge is 0.0774 e. The van der Waals surface area contributed by atoms with Gasteiger partial charge in [-0.3, -0.25) is 4.98 Å². The SMILES string of the molecule is [2H]C([2H])([2H])c1ccc2c(-c3nc4ccccc4n3-c3c(C(C)C)cccc3C(C)C)[c-]oc2c1.[Ir].[c-]1ccccc1-c1ccccn1. The van der Waals surface area contributed by atoms with E-state index in [0.717, 1.165) is 44.8 Å². The van der Waals surface area contributed by atoms with Crippen molar-refractivity contribution in [2.75, 3.05) is 0 Å². The molecule has 0 N–H and O–H groups in total. The zero-order valence-corrected chi connectivity index (χ0v) is 27.5. The van der Waals surface area contributed by atoms with Crippen LogP contribution in [0.4, 0.5) is 0 Å². The Kier molecular flexibility index (Phi) is 8.39. The summed E-state index contributed by atoms with van der Waals surface area (Å²) in [5, 5.41) is 0.790. The molecule has 3 aromatic heterocycles. The molecule has 223 valence electrons. The Balaban J connectivity index is 0.000000280. The number of nitrogens with zero attached hydrogens (tertiary/aromatic N) is 3. The Labute approximate surface area is 277 Å². The van der Waals surface area contributed by atoms with Crippen LogP contribution in [0, 0.1) is 19.2 Å². The van der Waals surface area contributed by atoms with E-state index in [2.05, 4.69) is 73.8 Å². The molecule has 7 aromatic rings. The number of para-hydroxylation sites is 3. The van der Waals surface area contributed by atoms with Crippen molar-refractivity contribution in [3.05, 3.63) is 138 Å². The second-order valence-electron chi connectivity index (χ2n) is 11.1. The van der Waals surface area contributed by atoms with E-state index in [1.54, 1.807) is 24.4 Å². The fourth-order valence-electron chi connectivity index (χ4n) is 5.41. The molecule has 0 unspecified atom stereocenters. The fraction of sp³-hybridized carbons (Fsp3) is 0.179. The molecule has 0 aliphatic rings. The maximum Gasteiger partial charge on any atom is 0.0774 e. The number of furan rings is 1. The van der Waals surface area contributed by atoms with Gasteiger partial charge in [0.25, 0.3) is 0 Å². The second-order valence-corrected chi connectivity index (χ2v) is 11.1. The van der Waals surface area contributed by atoms with Crippen LogP contribution in [0.2, 0.25) is 0 Å². The molecule has 0 fully saturated rings. The van der Waals surface area contributed by atoms with Gasteiger partial charge in [0.15, 0.2) is 0 Å². The predicted molar refractivity (Wildman–Crippen MR) is 177 cm³/mol. The second kappa shape index (κ2) is 13.5. The van der Waals surface area contributed by atoms with Crippen molar-refractivity contribution in [1.29, 1.82) is 0 Å². The van der Waals surface area contributed by atoms with E-state index in [0.29, 0.717) is 17.4 Å². The summed E-state index contributed by atoms with van der Waals surface area (Å²) in [6, 6.07) is 36.4. The molecule has 0 saturated carbocycles. The zero-order chi connectivity index (χ0) is 32.4. The first kappa shape index (κ1) is 27.3. The number of pyridine rings is 1. The fourth-order valence-corrected chi connectivity index (χ4v) is 5.41. The van der Waals surface area contributed by atoms with Crippen molar-refractivity contribution in [3.8, 4) is 28.3 Å². The van der Waals surface area contributed by atoms with Gasteiger partial charge in [-0.25, -0.2) is 0 Å². The van der Waals surface area contributed by atoms with Crippen LogP contribution in [0.5, 0.6) is 0 Å². The molecule has 4 nitrogen and oxygen atoms in total. The van der Waals surface area contributed by atoms with E-state index in [-0.39, 0.29) is 25.7 Å². The van der Waals surface area contributed by atoms with Crippen LogP contribution in [0.1, 0.15) is 60.3 Å². The van der Waals surface area contributed by atoms with Gasteiger partial charge in [-0.15, -0.1) is 42.0 Å². The van der Waals surface area contributed by atoms with Crippen molar-refractivity contribution >= 4 is 22.0 Å². The molecule has 7 rings (SSSR count). The summed E-state index contributed by atoms with van der Waals surface area (Å²) in [5.74, 6) is 1.36. The molecule has 0 saturated heterocycles. The molecule has 0 amide bonds. The van der Waals surface area contributed by atoms with Gasteiger partial charge >= 0.3 is 0 Å². The minimum atomic E-state index is -2.20. The van der Waals surface area contributed by atoms with E-state index in [4.69, 9.17) is 13.5 Å². The maximum atomic E-state index is 7.73. The first-order chi connectivity index (χ1) is 22.1. The summed E-state index contributed by atoms with van der Waals surface area (Å²) in [6.45, 7) is 6.63. The first-order valence-corrected chi connectivity index (χ1v) is 14.6. The number of aryl methyl sites for hydroxylation is 1. The van der Waals surface area contributed by atoms with Crippen molar-refractivity contribution in [2.45, 2.75) is 46.4 Å². The van der Waals surface area contributed by atoms with Crippen LogP contribution >= 0.6 is 0 Å². The minimum absolute atomic E-state index is 0. The van der Waals surface area contributed by atoms with E-state index in [1.165, 1.54) is 11.1 Å². The molecule has 0 aliphatic carbocycles. The van der Waals surface area contributed by atoms with Crippen LogP contribution in [-0.2, 0) is 20.1 Å². The van der Waals surface area contributed by atoms with Crippen LogP contribution in [0.3, 0.4) is 0 Å². The van der Waals surface area contributed by atoms with Crippen molar-refractivity contribution in [2.24, 2.45) is 0 Å². The van der Waals surface area contributed by atoms with Gasteiger partial charge < -0.3 is 14.0 Å². The summed E-state index contributed by atoms with van der Waals surface area (Å²) < 4.78 is 31.2. The molecule has 4 aromatic carbocycles. The summed E-state index contributed by atoms with van der Waals surface area (Å²) in [7, 11) is 0. The normalized spacial score (nSPS) is 12.4. The van der Waals surface area contributed by atoms with E-state index >= 15 is 0 Å². The predicted octanol–water partition coefficient (Wildman–Crippen LogP) is 10.3. The number of hydrogen-bond acceptors (Lipinski definition) is 3. The number of imidazole rings is 1. The Hall–Kier alpha value is -4.31. The van der Waals surface area contributed by atoms with Gasteiger partial charge in [-0.05, 0) is 53.7 Å². The van der Waals surface area contributed by atoms with Gasteiger partial charge in [-0.2, -0.15) is 0 Å². The molecule has 44 heavy (non-hydrogen) atoms. The first-order valence-electron chi connectivity index (χ1n) is 16.1. The molecular weight excluding hydrogens is 719 g/mol. The van der Waals surface area contributed by atoms with Crippen LogP contribution in [-0.4, -0.2) is 14.5 Å². The van der Waals surface area contributed by atoms with Gasteiger partial charge in [0, 0.05) is 47.9 Å². The quantitative estimate of drug-likeness (QED) is 0.164. The van der Waals surface area contributed by atoms with Crippen molar-refractivity contribution < 1.29 is 28.6 Å². The zero-order valence-electron chi connectivity index (χ0n) is 28.1. The molecule has 0 spiro atoms. The summed E-state index contributed by atoms with van der Waals surface area (Å²) >= 11 is 0. The standard InChI is InChI=1S/C28H27N2O.C11H8N.Ir/c1-17(2)20-9-8-10-21(18(3)4)27(20)30-25-12-7-6-11-24(25)29-28(30)23-16-31-26-15-19(5)13-14-22(23)26;1-2-6-10(7-3-1)11-8-4-5-9-12-11;/h6-15,17-18H,1-5H3;1-6,8-9H;/q2*-1;/i5D3;;. The number of aromatic nitrogens is 3. The topological polar surface area (TPSA) is 43.9 Å². The van der Waals surface area contributed by atoms with Crippen LogP contribution < -0.4 is 0 Å². The molecule has 0 bridgehead atoms. The monoisotopic (exact) mass is 757 g/mol. The summed E-state index contributed by atoms with van der Waals surface area (Å²) in [5.41, 5.74) is 8.98. The van der Waals surface area contributed by atoms with Gasteiger partial charge in [0.05, 0.1) is 16.9 Å². The molecule has 5 heteroatoms. The molecular formula is C39H35IrN3O-2. The third-order valence-corrected chi connectivity index (χ3v) is 7.51. The van der Waals surface area contributed by atoms with E-state index < -0.39 is 6.85 Å². The summed E-state index contributed by atoms with van der Waals surface area (Å²) in [6.07, 6.45) is 4.82. The molecule has 0 aliphatic heterocycles. The Bertz CT molecular complexity index is 2040. The van der Waals surface area contributed by atoms with Gasteiger partial charge in [0.1, 0.15) is 0 Å². The molecule has 0 atom stereocenters. The van der Waals surface area contributed by atoms with Crippen molar-refractivity contribution in [3.63, 3.8) is 0 Å². The Morgan fingerprint density at radius 2 is 1.57 bits per heavy atom. The van der Waals surface area contributed by atoms with E-state index in [1.807, 2.05) is 60.7 Å². The summed E-state index contributed by atoms with van der Waals surface area (Å²) in [4.78, 5) is 9.23. The molecule has 1 radical (unpaired) electrons. The third kappa shape index (κ3) is 6.17. The molecule has 3 heterocycles. The minimum Gasteiger partial charge on any atom is -0.557 e. The van der Waals surface area contributed by atoms with Crippen LogP contribution in [0.25, 0.3) is 50.3 Å². The van der Waals surface area contributed by atoms with Gasteiger partial charge in [0.2, 0.25) is 0 Å². The number of hydrogen-bond donors (Lipinski definition) is 0. The average molecular weight is 757 g/mol. The van der Waals surface area contributed by atoms with Crippen molar-refractivity contribution in [1.82, 2.24) is 14.5 Å². The average Bonchev–Trinajstić information content (AvgIpc) is 3.66. The largest absolute Gasteiger partial charge is 0.557 e. The number of benzene rings is 4.